The van der Waals surface area contributed by atoms with E-state index in [1.165, 1.54) is 7.11 Å². The van der Waals surface area contributed by atoms with Gasteiger partial charge in [0.25, 0.3) is 5.19 Å². The van der Waals surface area contributed by atoms with Crippen molar-refractivity contribution >= 4 is 56.4 Å². The number of carbonyl (C=O) groups is 1. The first kappa shape index (κ1) is 14.6. The highest BCUT2D eigenvalue weighted by atomic mass is 79.9. The van der Waals surface area contributed by atoms with E-state index in [-0.39, 0.29) is 15.2 Å². The minimum absolute atomic E-state index is 0.0527. The third-order valence-electron chi connectivity index (χ3n) is 2.03. The second-order valence-corrected chi connectivity index (χ2v) is 5.88. The summed E-state index contributed by atoms with van der Waals surface area (Å²) in [5, 5.41) is 0.872. The summed E-state index contributed by atoms with van der Waals surface area (Å²) in [6, 6.07) is 5.05. The summed E-state index contributed by atoms with van der Waals surface area (Å²) in [5.74, 6) is -0.0289. The van der Waals surface area contributed by atoms with Crippen molar-refractivity contribution in [3.8, 4) is 10.9 Å². The summed E-state index contributed by atoms with van der Waals surface area (Å²) < 4.78 is 10.8. The van der Waals surface area contributed by atoms with Crippen LogP contribution in [-0.4, -0.2) is 18.1 Å². The van der Waals surface area contributed by atoms with Crippen LogP contribution in [0, 0.1) is 0 Å². The zero-order valence-electron chi connectivity index (χ0n) is 9.45. The number of methoxy groups -OCH3 is 1. The number of rotatable bonds is 3. The number of esters is 1. The minimum Gasteiger partial charge on any atom is -0.465 e. The molecule has 0 radical (unpaired) electrons. The number of hydrogen-bond acceptors (Lipinski definition) is 5. The van der Waals surface area contributed by atoms with Gasteiger partial charge in [-0.25, -0.2) is 4.79 Å². The molecule has 0 unspecified atom stereocenters. The maximum Gasteiger partial charge on any atom is 0.351 e. The van der Waals surface area contributed by atoms with Gasteiger partial charge in [-0.15, -0.1) is 0 Å². The smallest absolute Gasteiger partial charge is 0.351 e. The maximum absolute atomic E-state index is 11.4. The van der Waals surface area contributed by atoms with E-state index in [2.05, 4.69) is 25.7 Å². The molecule has 0 aliphatic rings. The number of thiazole rings is 1. The standard InChI is InChI=1S/C11H6BrCl2NO3S/c1-17-10(16)8-9(14)15-11(19-8)18-7-3-2-5(13)4-6(7)12/h2-4H,1H3. The lowest BCUT2D eigenvalue weighted by molar-refractivity contribution is 0.0606. The lowest BCUT2D eigenvalue weighted by atomic mass is 10.3. The number of nitrogens with zero attached hydrogens (tertiary/aromatic N) is 1. The normalized spacial score (nSPS) is 10.3. The van der Waals surface area contributed by atoms with E-state index in [9.17, 15) is 4.79 Å². The minimum atomic E-state index is -0.549. The number of benzene rings is 1. The lowest BCUT2D eigenvalue weighted by Crippen LogP contribution is -1.98. The summed E-state index contributed by atoms with van der Waals surface area (Å²) in [4.78, 5) is 15.5. The van der Waals surface area contributed by atoms with Crippen LogP contribution in [0.3, 0.4) is 0 Å². The van der Waals surface area contributed by atoms with E-state index in [1.54, 1.807) is 18.2 Å². The van der Waals surface area contributed by atoms with Gasteiger partial charge in [0.05, 0.1) is 11.6 Å². The van der Waals surface area contributed by atoms with Crippen molar-refractivity contribution in [1.29, 1.82) is 0 Å². The van der Waals surface area contributed by atoms with Crippen LogP contribution >= 0.6 is 50.5 Å². The molecule has 1 heterocycles. The summed E-state index contributed by atoms with van der Waals surface area (Å²) >= 11 is 16.0. The Hall–Kier alpha value is -0.820. The molecule has 4 nitrogen and oxygen atoms in total. The van der Waals surface area contributed by atoms with Gasteiger partial charge in [0, 0.05) is 5.02 Å². The summed E-state index contributed by atoms with van der Waals surface area (Å²) in [5.41, 5.74) is 0. The highest BCUT2D eigenvalue weighted by Crippen LogP contribution is 2.36. The summed E-state index contributed by atoms with van der Waals surface area (Å²) in [6.07, 6.45) is 0. The van der Waals surface area contributed by atoms with Gasteiger partial charge in [-0.2, -0.15) is 4.98 Å². The molecule has 100 valence electrons. The summed E-state index contributed by atoms with van der Waals surface area (Å²) in [7, 11) is 1.27. The van der Waals surface area contributed by atoms with Gasteiger partial charge in [-0.3, -0.25) is 0 Å². The van der Waals surface area contributed by atoms with Crippen LogP contribution in [0.1, 0.15) is 9.67 Å². The molecule has 2 aromatic rings. The molecule has 0 N–H and O–H groups in total. The number of carbonyl (C=O) groups excluding carboxylic acids is 1. The van der Waals surface area contributed by atoms with Crippen molar-refractivity contribution in [1.82, 2.24) is 4.98 Å². The Morgan fingerprint density at radius 2 is 2.16 bits per heavy atom. The summed E-state index contributed by atoms with van der Waals surface area (Å²) in [6.45, 7) is 0. The van der Waals surface area contributed by atoms with Gasteiger partial charge < -0.3 is 9.47 Å². The first-order valence-electron chi connectivity index (χ1n) is 4.89. The molecule has 1 aromatic heterocycles. The Kier molecular flexibility index (Phi) is 4.67. The Balaban J connectivity index is 2.26. The zero-order chi connectivity index (χ0) is 14.0. The average Bonchev–Trinajstić information content (AvgIpc) is 2.73. The molecular formula is C11H6BrCl2NO3S. The number of hydrogen-bond donors (Lipinski definition) is 0. The zero-order valence-corrected chi connectivity index (χ0v) is 13.4. The van der Waals surface area contributed by atoms with Crippen molar-refractivity contribution in [2.24, 2.45) is 0 Å². The predicted octanol–water partition coefficient (Wildman–Crippen LogP) is 4.79. The first-order chi connectivity index (χ1) is 9.01. The van der Waals surface area contributed by atoms with Gasteiger partial charge >= 0.3 is 5.97 Å². The van der Waals surface area contributed by atoms with Crippen LogP contribution in [0.15, 0.2) is 22.7 Å². The van der Waals surface area contributed by atoms with Crippen molar-refractivity contribution in [2.75, 3.05) is 7.11 Å². The Morgan fingerprint density at radius 3 is 2.79 bits per heavy atom. The molecule has 0 saturated heterocycles. The van der Waals surface area contributed by atoms with Crippen LogP contribution < -0.4 is 4.74 Å². The fourth-order valence-electron chi connectivity index (χ4n) is 1.20. The second-order valence-electron chi connectivity index (χ2n) is 3.27. The molecule has 0 aliphatic heterocycles. The first-order valence-corrected chi connectivity index (χ1v) is 7.25. The van der Waals surface area contributed by atoms with Gasteiger partial charge in [0.1, 0.15) is 5.75 Å². The van der Waals surface area contributed by atoms with E-state index >= 15 is 0 Å². The van der Waals surface area contributed by atoms with Crippen molar-refractivity contribution in [3.05, 3.63) is 37.7 Å². The average molecular weight is 383 g/mol. The number of halogens is 3. The molecule has 0 spiro atoms. The molecule has 0 aliphatic carbocycles. The molecule has 8 heteroatoms. The SMILES string of the molecule is COC(=O)c1sc(Oc2ccc(Cl)cc2Br)nc1Cl. The number of aromatic nitrogens is 1. The monoisotopic (exact) mass is 381 g/mol. The van der Waals surface area contributed by atoms with Crippen LogP contribution in [0.2, 0.25) is 10.2 Å². The quantitative estimate of drug-likeness (QED) is 0.716. The third-order valence-corrected chi connectivity index (χ3v) is 4.18. The molecule has 0 amide bonds. The van der Waals surface area contributed by atoms with Crippen LogP contribution in [0.4, 0.5) is 0 Å². The van der Waals surface area contributed by atoms with Crippen LogP contribution in [0.25, 0.3) is 0 Å². The van der Waals surface area contributed by atoms with E-state index in [0.717, 1.165) is 11.3 Å². The third kappa shape index (κ3) is 3.39. The highest BCUT2D eigenvalue weighted by molar-refractivity contribution is 9.10. The fraction of sp³-hybridized carbons (Fsp3) is 0.0909. The van der Waals surface area contributed by atoms with Crippen molar-refractivity contribution in [3.63, 3.8) is 0 Å². The van der Waals surface area contributed by atoms with E-state index in [4.69, 9.17) is 27.9 Å². The van der Waals surface area contributed by atoms with E-state index in [0.29, 0.717) is 15.2 Å². The van der Waals surface area contributed by atoms with Crippen molar-refractivity contribution in [2.45, 2.75) is 0 Å². The molecule has 0 bridgehead atoms. The maximum atomic E-state index is 11.4. The van der Waals surface area contributed by atoms with Gasteiger partial charge in [0.2, 0.25) is 0 Å². The van der Waals surface area contributed by atoms with Crippen LogP contribution in [-0.2, 0) is 4.74 Å². The highest BCUT2D eigenvalue weighted by Gasteiger charge is 2.19. The molecular weight excluding hydrogens is 377 g/mol. The van der Waals surface area contributed by atoms with E-state index < -0.39 is 5.97 Å². The molecule has 0 fully saturated rings. The second kappa shape index (κ2) is 6.09. The molecule has 1 aromatic carbocycles. The molecule has 0 saturated carbocycles. The Labute approximate surface area is 131 Å². The topological polar surface area (TPSA) is 48.4 Å². The van der Waals surface area contributed by atoms with Gasteiger partial charge in [0.15, 0.2) is 10.0 Å². The molecule has 19 heavy (non-hydrogen) atoms. The Bertz CT molecular complexity index is 632. The molecule has 0 atom stereocenters. The van der Waals surface area contributed by atoms with E-state index in [1.807, 2.05) is 0 Å². The Morgan fingerprint density at radius 1 is 1.42 bits per heavy atom. The molecule has 2 rings (SSSR count). The number of ether oxygens (including phenoxy) is 2. The largest absolute Gasteiger partial charge is 0.465 e. The lowest BCUT2D eigenvalue weighted by Gasteiger charge is -2.03. The van der Waals surface area contributed by atoms with Gasteiger partial charge in [-0.05, 0) is 34.1 Å². The van der Waals surface area contributed by atoms with Crippen LogP contribution in [0.5, 0.6) is 10.9 Å². The fourth-order valence-corrected chi connectivity index (χ4v) is 3.02. The van der Waals surface area contributed by atoms with Crippen molar-refractivity contribution < 1.29 is 14.3 Å². The predicted molar refractivity (Wildman–Crippen MR) is 77.7 cm³/mol. The van der Waals surface area contributed by atoms with Gasteiger partial charge in [-0.1, -0.05) is 34.5 Å².